The molecule has 3 aliphatic heterocycles. The van der Waals surface area contributed by atoms with Crippen molar-refractivity contribution in [2.75, 3.05) is 39.3 Å². The van der Waals surface area contributed by atoms with E-state index in [0.717, 1.165) is 42.7 Å². The highest BCUT2D eigenvalue weighted by molar-refractivity contribution is 6.31. The van der Waals surface area contributed by atoms with E-state index >= 15 is 4.39 Å². The van der Waals surface area contributed by atoms with E-state index in [-0.39, 0.29) is 42.0 Å². The highest BCUT2D eigenvalue weighted by Gasteiger charge is 2.69. The van der Waals surface area contributed by atoms with Gasteiger partial charge in [0, 0.05) is 79.4 Å². The third kappa shape index (κ3) is 5.40. The predicted molar refractivity (Wildman–Crippen MR) is 189 cm³/mol. The smallest absolute Gasteiger partial charge is 0.250 e. The maximum atomic E-state index is 16.4. The molecule has 2 fully saturated rings. The van der Waals surface area contributed by atoms with Crippen molar-refractivity contribution in [2.24, 2.45) is 11.8 Å². The van der Waals surface area contributed by atoms with Crippen LogP contribution in [0.2, 0.25) is 10.0 Å². The van der Waals surface area contributed by atoms with E-state index in [4.69, 9.17) is 37.7 Å². The molecule has 3 aromatic carbocycles. The Hall–Kier alpha value is -3.34. The topological polar surface area (TPSA) is 85.7 Å². The first-order chi connectivity index (χ1) is 23.3. The van der Waals surface area contributed by atoms with Gasteiger partial charge in [0.15, 0.2) is 5.78 Å². The molecule has 0 bridgehead atoms. The lowest BCUT2D eigenvalue weighted by molar-refractivity contribution is -0.128. The van der Waals surface area contributed by atoms with Crippen molar-refractivity contribution < 1.29 is 23.5 Å². The third-order valence-corrected chi connectivity index (χ3v) is 11.4. The van der Waals surface area contributed by atoms with Crippen LogP contribution in [-0.2, 0) is 26.4 Å². The number of hydrogen-bond donors (Lipinski definition) is 1. The van der Waals surface area contributed by atoms with Gasteiger partial charge in [-0.05, 0) is 67.1 Å². The summed E-state index contributed by atoms with van der Waals surface area (Å²) in [4.78, 5) is 35.7. The number of carbonyl (C=O) groups excluding carboxylic acids is 2. The van der Waals surface area contributed by atoms with Gasteiger partial charge in [0.2, 0.25) is 5.91 Å². The zero-order valence-electron chi connectivity index (χ0n) is 26.8. The lowest BCUT2D eigenvalue weighted by atomic mass is 9.70. The van der Waals surface area contributed by atoms with Gasteiger partial charge < -0.3 is 19.4 Å². The van der Waals surface area contributed by atoms with Gasteiger partial charge in [-0.3, -0.25) is 14.5 Å². The van der Waals surface area contributed by atoms with Crippen molar-refractivity contribution in [3.63, 3.8) is 0 Å². The lowest BCUT2D eigenvalue weighted by Crippen LogP contribution is -2.53. The molecule has 4 aromatic rings. The van der Waals surface area contributed by atoms with E-state index in [0.29, 0.717) is 59.5 Å². The monoisotopic (exact) mass is 706 g/mol. The zero-order valence-corrected chi connectivity index (χ0v) is 28.4. The van der Waals surface area contributed by atoms with E-state index in [9.17, 15) is 9.59 Å². The average molecular weight is 708 g/mol. The summed E-state index contributed by atoms with van der Waals surface area (Å²) in [7, 11) is 3.24. The second-order valence-electron chi connectivity index (χ2n) is 13.7. The van der Waals surface area contributed by atoms with E-state index in [2.05, 4.69) is 14.8 Å². The number of aryl methyl sites for hydroxylation is 1. The van der Waals surface area contributed by atoms with Gasteiger partial charge in [-0.2, -0.15) is 0 Å². The fraction of sp³-hybridized carbons (Fsp3) is 0.447. The quantitative estimate of drug-likeness (QED) is 0.169. The molecule has 8 rings (SSSR count). The average Bonchev–Trinajstić information content (AvgIpc) is 3.65. The van der Waals surface area contributed by atoms with Gasteiger partial charge in [-0.25, -0.2) is 9.37 Å². The van der Waals surface area contributed by atoms with Crippen LogP contribution in [0, 0.1) is 17.7 Å². The summed E-state index contributed by atoms with van der Waals surface area (Å²) < 4.78 is 29.2. The van der Waals surface area contributed by atoms with Crippen molar-refractivity contribution in [3.05, 3.63) is 93.0 Å². The van der Waals surface area contributed by atoms with E-state index in [1.54, 1.807) is 38.5 Å². The molecule has 1 amide bonds. The number of carbonyl (C=O) groups is 2. The fourth-order valence-electron chi connectivity index (χ4n) is 8.79. The van der Waals surface area contributed by atoms with Gasteiger partial charge in [0.05, 0.1) is 29.3 Å². The number of benzene rings is 3. The zero-order chi connectivity index (χ0) is 33.3. The Kier molecular flexibility index (Phi) is 9.11. The second-order valence-corrected chi connectivity index (χ2v) is 14.6. The first-order valence-corrected chi connectivity index (χ1v) is 17.3. The number of likely N-dealkylation sites (tertiary alicyclic amines) is 1. The Morgan fingerprint density at radius 3 is 2.59 bits per heavy atom. The van der Waals surface area contributed by atoms with E-state index < -0.39 is 17.3 Å². The molecule has 1 spiro atoms. The molecule has 49 heavy (non-hydrogen) atoms. The summed E-state index contributed by atoms with van der Waals surface area (Å²) in [6.45, 7) is 2.25. The fourth-order valence-corrected chi connectivity index (χ4v) is 9.14. The Bertz CT molecular complexity index is 1940. The van der Waals surface area contributed by atoms with Crippen LogP contribution in [0.1, 0.15) is 72.3 Å². The summed E-state index contributed by atoms with van der Waals surface area (Å²) in [6, 6.07) is 16.2. The molecular formula is C38H41Cl2FN4O4. The number of nitrogens with zero attached hydrogens (tertiary/aromatic N) is 3. The number of methoxy groups -OCH3 is 2. The molecule has 11 heteroatoms. The number of amides is 1. The standard InChI is InChI=1S/C37H37Cl2FN4O4.CH4/c1-47-18-21(19-48-2)14-31(45)22-8-11-29-28(15-22)41-35-32-30(12-13-43(29)35)44(17-20-6-7-20)37(33(32)24-4-3-5-26(39)34(24)40)25-10-9-23(38)16-27(25)42-36(37)46;/h3-5,8-11,15-16,20-21,30,32-33H,6-7,12-14,17-19H2,1-2H3,(H,42,46);1H4/t30-,32+,33-,37+;/m0./s1. The van der Waals surface area contributed by atoms with E-state index in [1.165, 1.54) is 0 Å². The number of rotatable bonds is 10. The number of anilines is 1. The van der Waals surface area contributed by atoms with Crippen LogP contribution in [0.3, 0.4) is 0 Å². The number of ether oxygens (including phenoxy) is 2. The molecule has 8 nitrogen and oxygen atoms in total. The number of imidazole rings is 1. The molecular weight excluding hydrogens is 666 g/mol. The number of Topliss-reactive ketones (excluding diaryl/α,β-unsaturated/α-hetero) is 1. The number of hydrogen-bond acceptors (Lipinski definition) is 6. The summed E-state index contributed by atoms with van der Waals surface area (Å²) in [5.41, 5.74) is 2.83. The van der Waals surface area contributed by atoms with Gasteiger partial charge in [-0.15, -0.1) is 0 Å². The van der Waals surface area contributed by atoms with Crippen LogP contribution >= 0.6 is 23.2 Å². The molecule has 0 unspecified atom stereocenters. The van der Waals surface area contributed by atoms with Gasteiger partial charge >= 0.3 is 0 Å². The maximum Gasteiger partial charge on any atom is 0.250 e. The number of halogens is 3. The summed E-state index contributed by atoms with van der Waals surface area (Å²) >= 11 is 12.9. The van der Waals surface area contributed by atoms with Crippen molar-refractivity contribution >= 4 is 51.6 Å². The molecule has 258 valence electrons. The van der Waals surface area contributed by atoms with Crippen molar-refractivity contribution in [1.82, 2.24) is 14.5 Å². The van der Waals surface area contributed by atoms with Gasteiger partial charge in [-0.1, -0.05) is 48.8 Å². The Balaban J connectivity index is 0.00000378. The first kappa shape index (κ1) is 34.1. The van der Waals surface area contributed by atoms with Crippen LogP contribution < -0.4 is 5.32 Å². The minimum absolute atomic E-state index is 0. The maximum absolute atomic E-state index is 16.4. The predicted octanol–water partition coefficient (Wildman–Crippen LogP) is 7.81. The second kappa shape index (κ2) is 13.1. The Labute approximate surface area is 295 Å². The van der Waals surface area contributed by atoms with Crippen LogP contribution in [0.15, 0.2) is 54.6 Å². The summed E-state index contributed by atoms with van der Waals surface area (Å²) in [6.07, 6.45) is 3.24. The first-order valence-electron chi connectivity index (χ1n) is 16.6. The van der Waals surface area contributed by atoms with Gasteiger partial charge in [0.1, 0.15) is 17.2 Å². The van der Waals surface area contributed by atoms with Crippen molar-refractivity contribution in [1.29, 1.82) is 0 Å². The number of ketones is 1. The molecule has 0 radical (unpaired) electrons. The van der Waals surface area contributed by atoms with Crippen molar-refractivity contribution in [2.45, 2.75) is 63.1 Å². The van der Waals surface area contributed by atoms with Crippen LogP contribution in [-0.4, -0.2) is 66.2 Å². The van der Waals surface area contributed by atoms with Crippen molar-refractivity contribution in [3.8, 4) is 0 Å². The summed E-state index contributed by atoms with van der Waals surface area (Å²) in [5, 5.41) is 3.67. The molecule has 1 saturated heterocycles. The van der Waals surface area contributed by atoms with Crippen LogP contribution in [0.5, 0.6) is 0 Å². The molecule has 1 N–H and O–H groups in total. The molecule has 1 aromatic heterocycles. The van der Waals surface area contributed by atoms with Gasteiger partial charge in [0.25, 0.3) is 0 Å². The lowest BCUT2D eigenvalue weighted by Gasteiger charge is -2.40. The Morgan fingerprint density at radius 1 is 1.08 bits per heavy atom. The number of fused-ring (bicyclic) bond motifs is 7. The largest absolute Gasteiger partial charge is 0.384 e. The Morgan fingerprint density at radius 2 is 1.86 bits per heavy atom. The SMILES string of the molecule is C.COCC(COC)CC(=O)c1ccc2c(c1)nc1n2CC[C@H]2[C@@H]1[C@H](c1cccc(Cl)c1F)[C@]1(C(=O)Nc3cc(Cl)ccc31)N2CC1CC1. The van der Waals surface area contributed by atoms with Crippen LogP contribution in [0.4, 0.5) is 10.1 Å². The molecule has 4 aliphatic rings. The molecule has 1 saturated carbocycles. The minimum Gasteiger partial charge on any atom is -0.384 e. The number of aromatic nitrogens is 2. The molecule has 1 aliphatic carbocycles. The normalized spacial score (nSPS) is 24.2. The minimum atomic E-state index is -1.20. The molecule has 4 heterocycles. The molecule has 4 atom stereocenters. The third-order valence-electron chi connectivity index (χ3n) is 10.9. The van der Waals surface area contributed by atoms with E-state index in [1.807, 2.05) is 30.3 Å². The highest BCUT2D eigenvalue weighted by Crippen LogP contribution is 2.64. The highest BCUT2D eigenvalue weighted by atomic mass is 35.5. The summed E-state index contributed by atoms with van der Waals surface area (Å²) in [5.74, 6) is -0.490. The van der Waals surface area contributed by atoms with Crippen LogP contribution in [0.25, 0.3) is 11.0 Å². The number of nitrogens with one attached hydrogen (secondary N) is 1.